The van der Waals surface area contributed by atoms with Gasteiger partial charge in [0.05, 0.1) is 12.5 Å². The monoisotopic (exact) mass is 362 g/mol. The average molecular weight is 362 g/mol. The molecule has 3 heterocycles. The van der Waals surface area contributed by atoms with Crippen LogP contribution in [0.4, 0.5) is 0 Å². The summed E-state index contributed by atoms with van der Waals surface area (Å²) in [7, 11) is 0. The molecule has 0 aromatic carbocycles. The number of nitrogens with two attached hydrogens (primary N) is 1. The third-order valence-corrected chi connectivity index (χ3v) is 5.24. The molecule has 2 aromatic heterocycles. The van der Waals surface area contributed by atoms with Gasteiger partial charge < -0.3 is 20.4 Å². The van der Waals surface area contributed by atoms with Crippen molar-refractivity contribution in [2.45, 2.75) is 31.7 Å². The number of rotatable bonds is 6. The molecule has 1 aliphatic heterocycles. The number of aromatic nitrogens is 1. The fourth-order valence-corrected chi connectivity index (χ4v) is 3.80. The van der Waals surface area contributed by atoms with Crippen molar-refractivity contribution in [1.29, 1.82) is 0 Å². The summed E-state index contributed by atoms with van der Waals surface area (Å²) < 4.78 is 5.33. The standard InChI is InChI=1S/C17H22N4O3S/c18-7-6-15(22)19-10-12-4-1-2-8-21(12)17(23)14-11-20-16(25-14)13-5-3-9-24-13/h3,5,9,11-12H,1-2,4,6-8,10,18H2,(H,19,22). The number of piperidine rings is 1. The fourth-order valence-electron chi connectivity index (χ4n) is 2.96. The van der Waals surface area contributed by atoms with Crippen molar-refractivity contribution in [2.75, 3.05) is 19.6 Å². The molecular formula is C17H22N4O3S. The minimum Gasteiger partial charge on any atom is -0.462 e. The van der Waals surface area contributed by atoms with Gasteiger partial charge in [-0.2, -0.15) is 0 Å². The molecule has 2 aromatic rings. The first-order chi connectivity index (χ1) is 12.2. The maximum atomic E-state index is 12.9. The lowest BCUT2D eigenvalue weighted by atomic mass is 10.0. The van der Waals surface area contributed by atoms with Crippen LogP contribution >= 0.6 is 11.3 Å². The molecule has 0 spiro atoms. The number of nitrogens with one attached hydrogen (secondary N) is 1. The van der Waals surface area contributed by atoms with Gasteiger partial charge in [-0.1, -0.05) is 0 Å². The number of amides is 2. The maximum absolute atomic E-state index is 12.9. The minimum absolute atomic E-state index is 0.0112. The molecule has 0 bridgehead atoms. The Kier molecular flexibility index (Phi) is 5.83. The normalized spacial score (nSPS) is 17.5. The summed E-state index contributed by atoms with van der Waals surface area (Å²) in [4.78, 5) is 31.3. The summed E-state index contributed by atoms with van der Waals surface area (Å²) >= 11 is 1.33. The van der Waals surface area contributed by atoms with Crippen LogP contribution in [0.5, 0.6) is 0 Å². The van der Waals surface area contributed by atoms with Gasteiger partial charge in [-0.25, -0.2) is 4.98 Å². The molecule has 134 valence electrons. The van der Waals surface area contributed by atoms with E-state index in [1.54, 1.807) is 18.5 Å². The highest BCUT2D eigenvalue weighted by Gasteiger charge is 2.29. The first-order valence-electron chi connectivity index (χ1n) is 8.46. The number of likely N-dealkylation sites (tertiary alicyclic amines) is 1. The number of hydrogen-bond acceptors (Lipinski definition) is 6. The van der Waals surface area contributed by atoms with E-state index in [1.807, 2.05) is 11.0 Å². The second-order valence-corrected chi connectivity index (χ2v) is 7.03. The molecule has 8 heteroatoms. The number of thiazole rings is 1. The first-order valence-corrected chi connectivity index (χ1v) is 9.28. The van der Waals surface area contributed by atoms with Gasteiger partial charge in [0.25, 0.3) is 5.91 Å². The largest absolute Gasteiger partial charge is 0.462 e. The van der Waals surface area contributed by atoms with Crippen molar-refractivity contribution in [1.82, 2.24) is 15.2 Å². The lowest BCUT2D eigenvalue weighted by Crippen LogP contribution is -2.49. The van der Waals surface area contributed by atoms with Crippen LogP contribution in [0, 0.1) is 0 Å². The van der Waals surface area contributed by atoms with Crippen molar-refractivity contribution in [2.24, 2.45) is 5.73 Å². The molecule has 2 amide bonds. The van der Waals surface area contributed by atoms with Gasteiger partial charge in [0.1, 0.15) is 4.88 Å². The summed E-state index contributed by atoms with van der Waals surface area (Å²) in [6.07, 6.45) is 6.41. The van der Waals surface area contributed by atoms with E-state index in [1.165, 1.54) is 11.3 Å². The number of hydrogen-bond donors (Lipinski definition) is 2. The number of carbonyl (C=O) groups excluding carboxylic acids is 2. The summed E-state index contributed by atoms with van der Waals surface area (Å²) in [6, 6.07) is 3.63. The van der Waals surface area contributed by atoms with E-state index in [9.17, 15) is 9.59 Å². The molecule has 3 N–H and O–H groups in total. The number of nitrogens with zero attached hydrogens (tertiary/aromatic N) is 2. The molecule has 1 unspecified atom stereocenters. The lowest BCUT2D eigenvalue weighted by molar-refractivity contribution is -0.121. The van der Waals surface area contributed by atoms with Crippen molar-refractivity contribution in [3.8, 4) is 10.8 Å². The molecule has 0 saturated carbocycles. The third-order valence-electron chi connectivity index (χ3n) is 4.24. The summed E-state index contributed by atoms with van der Waals surface area (Å²) in [5.74, 6) is 0.555. The van der Waals surface area contributed by atoms with Crippen LogP contribution in [0.3, 0.4) is 0 Å². The predicted molar refractivity (Wildman–Crippen MR) is 95.2 cm³/mol. The highest BCUT2D eigenvalue weighted by atomic mass is 32.1. The van der Waals surface area contributed by atoms with Gasteiger partial charge in [0.15, 0.2) is 10.8 Å². The Bertz CT molecular complexity index is 713. The zero-order valence-electron chi connectivity index (χ0n) is 13.9. The minimum atomic E-state index is -0.0710. The van der Waals surface area contributed by atoms with E-state index in [0.29, 0.717) is 41.7 Å². The molecule has 3 rings (SSSR count). The van der Waals surface area contributed by atoms with Crippen LogP contribution < -0.4 is 11.1 Å². The zero-order valence-corrected chi connectivity index (χ0v) is 14.8. The van der Waals surface area contributed by atoms with Gasteiger partial charge in [0.2, 0.25) is 5.91 Å². The van der Waals surface area contributed by atoms with E-state index in [2.05, 4.69) is 10.3 Å². The predicted octanol–water partition coefficient (Wildman–Crippen LogP) is 1.86. The number of carbonyl (C=O) groups is 2. The van der Waals surface area contributed by atoms with Crippen LogP contribution in [-0.2, 0) is 4.79 Å². The van der Waals surface area contributed by atoms with Gasteiger partial charge >= 0.3 is 0 Å². The molecule has 0 radical (unpaired) electrons. The third kappa shape index (κ3) is 4.26. The fraction of sp³-hybridized carbons (Fsp3) is 0.471. The Labute approximate surface area is 150 Å². The second kappa shape index (κ2) is 8.26. The summed E-state index contributed by atoms with van der Waals surface area (Å²) in [5, 5.41) is 3.57. The van der Waals surface area contributed by atoms with E-state index < -0.39 is 0 Å². The Hall–Kier alpha value is -2.19. The molecular weight excluding hydrogens is 340 g/mol. The Balaban J connectivity index is 1.67. The van der Waals surface area contributed by atoms with E-state index in [0.717, 1.165) is 19.3 Å². The highest BCUT2D eigenvalue weighted by molar-refractivity contribution is 7.16. The average Bonchev–Trinajstić information content (AvgIpc) is 3.31. The Morgan fingerprint density at radius 3 is 3.08 bits per heavy atom. The Morgan fingerprint density at radius 1 is 1.44 bits per heavy atom. The van der Waals surface area contributed by atoms with E-state index >= 15 is 0 Å². The smallest absolute Gasteiger partial charge is 0.265 e. The number of furan rings is 1. The molecule has 0 aliphatic carbocycles. The topological polar surface area (TPSA) is 101 Å². The Morgan fingerprint density at radius 2 is 2.32 bits per heavy atom. The first kappa shape index (κ1) is 17.6. The quantitative estimate of drug-likeness (QED) is 0.817. The second-order valence-electron chi connectivity index (χ2n) is 6.00. The summed E-state index contributed by atoms with van der Waals surface area (Å²) in [6.45, 7) is 1.49. The molecule has 1 aliphatic rings. The van der Waals surface area contributed by atoms with Crippen molar-refractivity contribution in [3.63, 3.8) is 0 Å². The molecule has 25 heavy (non-hydrogen) atoms. The van der Waals surface area contributed by atoms with Crippen LogP contribution in [0.2, 0.25) is 0 Å². The maximum Gasteiger partial charge on any atom is 0.265 e. The lowest BCUT2D eigenvalue weighted by Gasteiger charge is -2.35. The molecule has 7 nitrogen and oxygen atoms in total. The van der Waals surface area contributed by atoms with Crippen LogP contribution in [0.25, 0.3) is 10.8 Å². The van der Waals surface area contributed by atoms with Gasteiger partial charge in [0, 0.05) is 32.1 Å². The van der Waals surface area contributed by atoms with Gasteiger partial charge in [-0.3, -0.25) is 9.59 Å². The van der Waals surface area contributed by atoms with E-state index in [4.69, 9.17) is 10.2 Å². The van der Waals surface area contributed by atoms with Crippen LogP contribution in [-0.4, -0.2) is 47.4 Å². The van der Waals surface area contributed by atoms with Crippen molar-refractivity contribution in [3.05, 3.63) is 29.5 Å². The van der Waals surface area contributed by atoms with E-state index in [-0.39, 0.29) is 17.9 Å². The zero-order chi connectivity index (χ0) is 17.6. The SMILES string of the molecule is NCCC(=O)NCC1CCCCN1C(=O)c1cnc(-c2ccco2)s1. The molecule has 1 atom stereocenters. The van der Waals surface area contributed by atoms with Gasteiger partial charge in [-0.05, 0) is 31.4 Å². The van der Waals surface area contributed by atoms with Crippen LogP contribution in [0.1, 0.15) is 35.4 Å². The summed E-state index contributed by atoms with van der Waals surface area (Å²) in [5.41, 5.74) is 5.39. The van der Waals surface area contributed by atoms with Crippen molar-refractivity contribution < 1.29 is 14.0 Å². The molecule has 1 fully saturated rings. The van der Waals surface area contributed by atoms with Crippen LogP contribution in [0.15, 0.2) is 29.0 Å². The highest BCUT2D eigenvalue weighted by Crippen LogP contribution is 2.28. The molecule has 1 saturated heterocycles. The van der Waals surface area contributed by atoms with Crippen molar-refractivity contribution >= 4 is 23.2 Å². The van der Waals surface area contributed by atoms with Gasteiger partial charge in [-0.15, -0.1) is 11.3 Å².